The minimum absolute atomic E-state index is 0.0307. The minimum atomic E-state index is -0.686. The fourth-order valence-electron chi connectivity index (χ4n) is 4.21. The zero-order valence-electron chi connectivity index (χ0n) is 17.4. The van der Waals surface area contributed by atoms with Crippen molar-refractivity contribution in [3.05, 3.63) is 80.1 Å². The highest BCUT2D eigenvalue weighted by molar-refractivity contribution is 5.83. The molecular formula is C24H24N4O3. The van der Waals surface area contributed by atoms with E-state index in [1.54, 1.807) is 0 Å². The highest BCUT2D eigenvalue weighted by Crippen LogP contribution is 2.20. The van der Waals surface area contributed by atoms with Gasteiger partial charge in [0.15, 0.2) is 0 Å². The van der Waals surface area contributed by atoms with Crippen molar-refractivity contribution in [1.29, 1.82) is 5.26 Å². The molecule has 7 nitrogen and oxygen atoms in total. The van der Waals surface area contributed by atoms with Gasteiger partial charge in [-0.15, -0.1) is 0 Å². The first kappa shape index (κ1) is 20.6. The Morgan fingerprint density at radius 1 is 1.13 bits per heavy atom. The molecule has 0 spiro atoms. The van der Waals surface area contributed by atoms with Crippen molar-refractivity contribution in [2.75, 3.05) is 0 Å². The number of hydrogen-bond donors (Lipinski definition) is 1. The molecular weight excluding hydrogens is 392 g/mol. The number of aromatic nitrogens is 2. The predicted molar refractivity (Wildman–Crippen MR) is 118 cm³/mol. The Labute approximate surface area is 179 Å². The quantitative estimate of drug-likeness (QED) is 0.707. The predicted octanol–water partition coefficient (Wildman–Crippen LogP) is 2.64. The summed E-state index contributed by atoms with van der Waals surface area (Å²) in [6.45, 7) is 1.90. The van der Waals surface area contributed by atoms with E-state index in [2.05, 4.69) is 5.32 Å². The van der Waals surface area contributed by atoms with E-state index in [0.717, 1.165) is 40.2 Å². The third-order valence-electron chi connectivity index (χ3n) is 5.90. The summed E-state index contributed by atoms with van der Waals surface area (Å²) in [5.41, 5.74) is 0.187. The van der Waals surface area contributed by atoms with Gasteiger partial charge < -0.3 is 5.32 Å². The zero-order valence-corrected chi connectivity index (χ0v) is 17.4. The maximum absolute atomic E-state index is 12.9. The summed E-state index contributed by atoms with van der Waals surface area (Å²) in [7, 11) is 0. The average Bonchev–Trinajstić information content (AvgIpc) is 3.03. The number of nitrogens with zero attached hydrogens (tertiary/aromatic N) is 3. The molecule has 0 bridgehead atoms. The van der Waals surface area contributed by atoms with Crippen molar-refractivity contribution in [2.45, 2.75) is 51.7 Å². The van der Waals surface area contributed by atoms with Crippen LogP contribution in [0.15, 0.2) is 52.1 Å². The molecule has 1 unspecified atom stereocenters. The van der Waals surface area contributed by atoms with Crippen molar-refractivity contribution in [3.8, 4) is 6.07 Å². The van der Waals surface area contributed by atoms with E-state index < -0.39 is 23.7 Å². The molecule has 1 aliphatic rings. The summed E-state index contributed by atoms with van der Waals surface area (Å²) >= 11 is 0. The zero-order chi connectivity index (χ0) is 22.0. The smallest absolute Gasteiger partial charge is 0.331 e. The van der Waals surface area contributed by atoms with E-state index in [0.29, 0.717) is 18.7 Å². The Bertz CT molecular complexity index is 1310. The SMILES string of the molecule is CC(NC(=O)Cn1c(=O)c(C#N)c2n(c1=O)CCCCC2)c1ccc2ccccc2c1. The molecule has 1 aromatic heterocycles. The van der Waals surface area contributed by atoms with Crippen molar-refractivity contribution in [1.82, 2.24) is 14.5 Å². The van der Waals surface area contributed by atoms with Crippen molar-refractivity contribution in [2.24, 2.45) is 0 Å². The first-order chi connectivity index (χ1) is 15.0. The lowest BCUT2D eigenvalue weighted by molar-refractivity contribution is -0.122. The standard InChI is InChI=1S/C24H24N4O3/c1-16(18-11-10-17-7-4-5-8-19(17)13-18)26-22(29)15-28-23(30)20(14-25)21-9-3-2-6-12-27(21)24(28)31/h4-5,7-8,10-11,13,16H,2-3,6,9,12,15H2,1H3,(H,26,29). The number of amides is 1. The first-order valence-electron chi connectivity index (χ1n) is 10.5. The lowest BCUT2D eigenvalue weighted by atomic mass is 10.0. The fraction of sp³-hybridized carbons (Fsp3) is 0.333. The second kappa shape index (κ2) is 8.60. The van der Waals surface area contributed by atoms with Gasteiger partial charge in [0.05, 0.1) is 6.04 Å². The van der Waals surface area contributed by atoms with E-state index in [1.807, 2.05) is 55.5 Å². The molecule has 158 valence electrons. The minimum Gasteiger partial charge on any atom is -0.348 e. The van der Waals surface area contributed by atoms with E-state index >= 15 is 0 Å². The third-order valence-corrected chi connectivity index (χ3v) is 5.90. The molecule has 2 aromatic carbocycles. The molecule has 1 atom stereocenters. The molecule has 31 heavy (non-hydrogen) atoms. The molecule has 1 aliphatic heterocycles. The molecule has 0 aliphatic carbocycles. The van der Waals surface area contributed by atoms with E-state index in [1.165, 1.54) is 4.57 Å². The summed E-state index contributed by atoms with van der Waals surface area (Å²) in [6.07, 6.45) is 3.10. The Balaban J connectivity index is 1.59. The van der Waals surface area contributed by atoms with Crippen molar-refractivity contribution < 1.29 is 4.79 Å². The van der Waals surface area contributed by atoms with Crippen LogP contribution < -0.4 is 16.6 Å². The van der Waals surface area contributed by atoms with Gasteiger partial charge in [-0.2, -0.15) is 5.26 Å². The second-order valence-corrected chi connectivity index (χ2v) is 7.97. The van der Waals surface area contributed by atoms with Gasteiger partial charge in [-0.25, -0.2) is 9.36 Å². The van der Waals surface area contributed by atoms with Crippen molar-refractivity contribution in [3.63, 3.8) is 0 Å². The molecule has 2 heterocycles. The summed E-state index contributed by atoms with van der Waals surface area (Å²) < 4.78 is 2.38. The van der Waals surface area contributed by atoms with Gasteiger partial charge >= 0.3 is 5.69 Å². The van der Waals surface area contributed by atoms with Crippen molar-refractivity contribution >= 4 is 16.7 Å². The van der Waals surface area contributed by atoms with Crippen LogP contribution in [0.2, 0.25) is 0 Å². The van der Waals surface area contributed by atoms with Gasteiger partial charge in [0.1, 0.15) is 18.2 Å². The molecule has 4 rings (SSSR count). The van der Waals surface area contributed by atoms with Crippen LogP contribution in [0.5, 0.6) is 0 Å². The molecule has 0 saturated heterocycles. The van der Waals surface area contributed by atoms with Gasteiger partial charge in [-0.3, -0.25) is 14.2 Å². The third kappa shape index (κ3) is 4.02. The lowest BCUT2D eigenvalue weighted by Crippen LogP contribution is -2.46. The Kier molecular flexibility index (Phi) is 5.72. The Morgan fingerprint density at radius 2 is 1.90 bits per heavy atom. The van der Waals surface area contributed by atoms with Crippen LogP contribution in [0, 0.1) is 11.3 Å². The molecule has 0 fully saturated rings. The van der Waals surface area contributed by atoms with E-state index in [-0.39, 0.29) is 11.6 Å². The number of hydrogen-bond acceptors (Lipinski definition) is 4. The van der Waals surface area contributed by atoms with Gasteiger partial charge in [0.25, 0.3) is 5.56 Å². The topological polar surface area (TPSA) is 96.9 Å². The summed E-state index contributed by atoms with van der Waals surface area (Å²) in [6, 6.07) is 15.6. The number of carbonyl (C=O) groups is 1. The maximum atomic E-state index is 12.9. The second-order valence-electron chi connectivity index (χ2n) is 7.97. The number of benzene rings is 2. The number of fused-ring (bicyclic) bond motifs is 2. The summed E-state index contributed by atoms with van der Waals surface area (Å²) in [5, 5.41) is 14.6. The fourth-order valence-corrected chi connectivity index (χ4v) is 4.21. The van der Waals surface area contributed by atoms with Gasteiger partial charge in [-0.1, -0.05) is 42.8 Å². The highest BCUT2D eigenvalue weighted by Gasteiger charge is 2.22. The highest BCUT2D eigenvalue weighted by atomic mass is 16.2. The monoisotopic (exact) mass is 416 g/mol. The van der Waals surface area contributed by atoms with Crippen LogP contribution in [0.1, 0.15) is 49.0 Å². The number of carbonyl (C=O) groups excluding carboxylic acids is 1. The Hall–Kier alpha value is -3.66. The number of nitriles is 1. The molecule has 0 saturated carbocycles. The van der Waals surface area contributed by atoms with Crippen LogP contribution in [-0.4, -0.2) is 15.0 Å². The Morgan fingerprint density at radius 3 is 2.68 bits per heavy atom. The normalized spacial score (nSPS) is 14.3. The molecule has 1 N–H and O–H groups in total. The van der Waals surface area contributed by atoms with Crippen LogP contribution >= 0.6 is 0 Å². The van der Waals surface area contributed by atoms with Gasteiger partial charge in [0.2, 0.25) is 5.91 Å². The number of nitrogens with one attached hydrogen (secondary N) is 1. The van der Waals surface area contributed by atoms with Crippen LogP contribution in [-0.2, 0) is 24.3 Å². The van der Waals surface area contributed by atoms with Crippen LogP contribution in [0.3, 0.4) is 0 Å². The molecule has 1 amide bonds. The first-order valence-corrected chi connectivity index (χ1v) is 10.5. The maximum Gasteiger partial charge on any atom is 0.331 e. The molecule has 3 aromatic rings. The lowest BCUT2D eigenvalue weighted by Gasteiger charge is -2.17. The number of rotatable bonds is 4. The molecule has 0 radical (unpaired) electrons. The van der Waals surface area contributed by atoms with Crippen LogP contribution in [0.25, 0.3) is 10.8 Å². The molecule has 7 heteroatoms. The summed E-state index contributed by atoms with van der Waals surface area (Å²) in [4.78, 5) is 38.4. The average molecular weight is 416 g/mol. The van der Waals surface area contributed by atoms with Crippen LogP contribution in [0.4, 0.5) is 0 Å². The van der Waals surface area contributed by atoms with Gasteiger partial charge in [-0.05, 0) is 48.6 Å². The summed E-state index contributed by atoms with van der Waals surface area (Å²) in [5.74, 6) is -0.446. The van der Waals surface area contributed by atoms with Gasteiger partial charge in [0, 0.05) is 12.2 Å². The van der Waals surface area contributed by atoms with E-state index in [9.17, 15) is 19.6 Å². The van der Waals surface area contributed by atoms with E-state index in [4.69, 9.17) is 0 Å². The largest absolute Gasteiger partial charge is 0.348 e.